The molecule has 0 spiro atoms. The van der Waals surface area contributed by atoms with E-state index in [1.807, 2.05) is 13.8 Å². The third-order valence-electron chi connectivity index (χ3n) is 3.36. The topological polar surface area (TPSA) is 61.4 Å². The fourth-order valence-corrected chi connectivity index (χ4v) is 2.07. The Morgan fingerprint density at radius 3 is 2.40 bits per heavy atom. The van der Waals surface area contributed by atoms with Crippen LogP contribution in [0.3, 0.4) is 0 Å². The van der Waals surface area contributed by atoms with Crippen molar-refractivity contribution in [2.24, 2.45) is 5.92 Å². The molecule has 0 aromatic heterocycles. The zero-order valence-corrected chi connectivity index (χ0v) is 12.0. The molecule has 0 aliphatic rings. The van der Waals surface area contributed by atoms with Gasteiger partial charge in [0.15, 0.2) is 0 Å². The molecule has 1 unspecified atom stereocenters. The maximum Gasteiger partial charge on any atom is 0.238 e. The Bertz CT molecular complexity index is 405. The van der Waals surface area contributed by atoms with Crippen LogP contribution in [-0.2, 0) is 4.79 Å². The van der Waals surface area contributed by atoms with Gasteiger partial charge in [-0.2, -0.15) is 0 Å². The van der Waals surface area contributed by atoms with Crippen molar-refractivity contribution in [2.75, 3.05) is 18.4 Å². The van der Waals surface area contributed by atoms with Crippen LogP contribution in [0.25, 0.3) is 0 Å². The Balaban J connectivity index is 2.28. The van der Waals surface area contributed by atoms with Crippen molar-refractivity contribution in [1.29, 1.82) is 0 Å². The van der Waals surface area contributed by atoms with E-state index < -0.39 is 6.10 Å². The van der Waals surface area contributed by atoms with Crippen molar-refractivity contribution in [3.63, 3.8) is 0 Å². The number of rotatable bonds is 8. The minimum atomic E-state index is -0.441. The van der Waals surface area contributed by atoms with Crippen molar-refractivity contribution in [1.82, 2.24) is 5.32 Å². The van der Waals surface area contributed by atoms with Gasteiger partial charge in [0.2, 0.25) is 5.91 Å². The van der Waals surface area contributed by atoms with Crippen molar-refractivity contribution >= 4 is 11.6 Å². The molecule has 3 N–H and O–H groups in total. The fraction of sp³-hybridized carbons (Fsp3) is 0.533. The maximum absolute atomic E-state index is 12.7. The highest BCUT2D eigenvalue weighted by atomic mass is 19.1. The highest BCUT2D eigenvalue weighted by Gasteiger charge is 2.15. The molecular formula is C15H23FN2O2. The van der Waals surface area contributed by atoms with E-state index in [1.54, 1.807) is 0 Å². The molecule has 112 valence electrons. The van der Waals surface area contributed by atoms with Gasteiger partial charge < -0.3 is 15.7 Å². The SMILES string of the molecule is CCC(CC)C(O)CNCC(=O)Nc1ccc(F)cc1. The molecule has 0 aliphatic heterocycles. The average Bonchev–Trinajstić information content (AvgIpc) is 2.43. The highest BCUT2D eigenvalue weighted by molar-refractivity contribution is 5.92. The number of anilines is 1. The van der Waals surface area contributed by atoms with Crippen LogP contribution in [0.15, 0.2) is 24.3 Å². The van der Waals surface area contributed by atoms with Gasteiger partial charge in [0, 0.05) is 12.2 Å². The molecule has 20 heavy (non-hydrogen) atoms. The summed E-state index contributed by atoms with van der Waals surface area (Å²) in [5.74, 6) is -0.301. The number of benzene rings is 1. The smallest absolute Gasteiger partial charge is 0.238 e. The zero-order valence-electron chi connectivity index (χ0n) is 12.0. The highest BCUT2D eigenvalue weighted by Crippen LogP contribution is 2.12. The summed E-state index contributed by atoms with van der Waals surface area (Å²) in [6, 6.07) is 5.60. The van der Waals surface area contributed by atoms with Crippen LogP contribution in [0, 0.1) is 11.7 Å². The molecule has 5 heteroatoms. The second kappa shape index (κ2) is 8.66. The first-order chi connectivity index (χ1) is 9.56. The summed E-state index contributed by atoms with van der Waals surface area (Å²) in [6.45, 7) is 4.59. The zero-order chi connectivity index (χ0) is 15.0. The predicted octanol–water partition coefficient (Wildman–Crippen LogP) is 2.15. The first-order valence-electron chi connectivity index (χ1n) is 7.01. The third-order valence-corrected chi connectivity index (χ3v) is 3.36. The molecule has 4 nitrogen and oxygen atoms in total. The molecule has 1 amide bonds. The minimum absolute atomic E-state index is 0.120. The molecule has 0 saturated heterocycles. The number of nitrogens with one attached hydrogen (secondary N) is 2. The van der Waals surface area contributed by atoms with Crippen LogP contribution in [-0.4, -0.2) is 30.2 Å². The van der Waals surface area contributed by atoms with Crippen molar-refractivity contribution in [3.05, 3.63) is 30.1 Å². The molecule has 1 atom stereocenters. The van der Waals surface area contributed by atoms with Gasteiger partial charge in [-0.15, -0.1) is 0 Å². The van der Waals surface area contributed by atoms with Crippen LogP contribution in [0.5, 0.6) is 0 Å². The monoisotopic (exact) mass is 282 g/mol. The van der Waals surface area contributed by atoms with Crippen LogP contribution in [0.2, 0.25) is 0 Å². The molecule has 0 heterocycles. The van der Waals surface area contributed by atoms with Crippen LogP contribution >= 0.6 is 0 Å². The first kappa shape index (κ1) is 16.6. The van der Waals surface area contributed by atoms with Crippen LogP contribution in [0.1, 0.15) is 26.7 Å². The van der Waals surface area contributed by atoms with Crippen molar-refractivity contribution in [3.8, 4) is 0 Å². The Kier molecular flexibility index (Phi) is 7.18. The summed E-state index contributed by atoms with van der Waals surface area (Å²) in [4.78, 5) is 11.6. The van der Waals surface area contributed by atoms with Gasteiger partial charge in [-0.3, -0.25) is 4.79 Å². The number of halogens is 1. The van der Waals surface area contributed by atoms with E-state index in [4.69, 9.17) is 0 Å². The van der Waals surface area contributed by atoms with E-state index in [-0.39, 0.29) is 24.2 Å². The Labute approximate surface area is 119 Å². The van der Waals surface area contributed by atoms with Gasteiger partial charge in [0.25, 0.3) is 0 Å². The lowest BCUT2D eigenvalue weighted by atomic mass is 9.97. The van der Waals surface area contributed by atoms with E-state index in [1.165, 1.54) is 24.3 Å². The molecule has 0 radical (unpaired) electrons. The summed E-state index contributed by atoms with van der Waals surface area (Å²) in [5.41, 5.74) is 0.554. The quantitative estimate of drug-likeness (QED) is 0.684. The normalized spacial score (nSPS) is 12.4. The number of aliphatic hydroxyl groups excluding tert-OH is 1. The van der Waals surface area contributed by atoms with E-state index in [2.05, 4.69) is 10.6 Å². The van der Waals surface area contributed by atoms with E-state index in [9.17, 15) is 14.3 Å². The van der Waals surface area contributed by atoms with Gasteiger partial charge in [0.1, 0.15) is 5.82 Å². The third kappa shape index (κ3) is 5.67. The van der Waals surface area contributed by atoms with Gasteiger partial charge in [-0.1, -0.05) is 26.7 Å². The Hall–Kier alpha value is -1.46. The predicted molar refractivity (Wildman–Crippen MR) is 78.0 cm³/mol. The molecule has 0 fully saturated rings. The largest absolute Gasteiger partial charge is 0.392 e. The number of aliphatic hydroxyl groups is 1. The lowest BCUT2D eigenvalue weighted by Crippen LogP contribution is -2.36. The van der Waals surface area contributed by atoms with Gasteiger partial charge in [0.05, 0.1) is 12.6 Å². The van der Waals surface area contributed by atoms with Crippen molar-refractivity contribution < 1.29 is 14.3 Å². The summed E-state index contributed by atoms with van der Waals surface area (Å²) in [7, 11) is 0. The van der Waals surface area contributed by atoms with E-state index in [0.29, 0.717) is 12.2 Å². The second-order valence-electron chi connectivity index (χ2n) is 4.83. The molecule has 0 aliphatic carbocycles. The number of carbonyl (C=O) groups excluding carboxylic acids is 1. The van der Waals surface area contributed by atoms with Crippen molar-refractivity contribution in [2.45, 2.75) is 32.8 Å². The van der Waals surface area contributed by atoms with Crippen LogP contribution < -0.4 is 10.6 Å². The minimum Gasteiger partial charge on any atom is -0.392 e. The Morgan fingerprint density at radius 1 is 1.25 bits per heavy atom. The molecule has 0 saturated carbocycles. The van der Waals surface area contributed by atoms with E-state index in [0.717, 1.165) is 12.8 Å². The van der Waals surface area contributed by atoms with Gasteiger partial charge in [-0.25, -0.2) is 4.39 Å². The Morgan fingerprint density at radius 2 is 1.85 bits per heavy atom. The molecular weight excluding hydrogens is 259 g/mol. The molecule has 1 aromatic carbocycles. The number of hydrogen-bond acceptors (Lipinski definition) is 3. The lowest BCUT2D eigenvalue weighted by Gasteiger charge is -2.20. The number of hydrogen-bond donors (Lipinski definition) is 3. The van der Waals surface area contributed by atoms with Gasteiger partial charge >= 0.3 is 0 Å². The lowest BCUT2D eigenvalue weighted by molar-refractivity contribution is -0.115. The molecule has 1 rings (SSSR count). The summed E-state index contributed by atoms with van der Waals surface area (Å²) in [6.07, 6.45) is 1.39. The number of amides is 1. The standard InChI is InChI=1S/C15H23FN2O2/c1-3-11(4-2)14(19)9-17-10-15(20)18-13-7-5-12(16)6-8-13/h5-8,11,14,17,19H,3-4,9-10H2,1-2H3,(H,18,20). The molecule has 1 aromatic rings. The summed E-state index contributed by atoms with van der Waals surface area (Å²) < 4.78 is 12.7. The summed E-state index contributed by atoms with van der Waals surface area (Å²) >= 11 is 0. The average molecular weight is 282 g/mol. The van der Waals surface area contributed by atoms with Gasteiger partial charge in [-0.05, 0) is 30.2 Å². The first-order valence-corrected chi connectivity index (χ1v) is 7.01. The molecule has 0 bridgehead atoms. The summed E-state index contributed by atoms with van der Waals surface area (Å²) in [5, 5.41) is 15.5. The van der Waals surface area contributed by atoms with E-state index >= 15 is 0 Å². The number of carbonyl (C=O) groups is 1. The second-order valence-corrected chi connectivity index (χ2v) is 4.83. The fourth-order valence-electron chi connectivity index (χ4n) is 2.07. The maximum atomic E-state index is 12.7. The van der Waals surface area contributed by atoms with Crippen LogP contribution in [0.4, 0.5) is 10.1 Å².